The van der Waals surface area contributed by atoms with Crippen LogP contribution in [-0.4, -0.2) is 41.6 Å². The molecule has 1 aromatic heterocycles. The van der Waals surface area contributed by atoms with Crippen molar-refractivity contribution in [1.82, 2.24) is 20.4 Å². The molecule has 0 aliphatic rings. The van der Waals surface area contributed by atoms with E-state index in [0.29, 0.717) is 13.0 Å². The summed E-state index contributed by atoms with van der Waals surface area (Å²) in [6, 6.07) is 8.65. The van der Waals surface area contributed by atoms with Crippen molar-refractivity contribution in [2.75, 3.05) is 20.6 Å². The van der Waals surface area contributed by atoms with Crippen LogP contribution in [0.1, 0.15) is 41.0 Å². The van der Waals surface area contributed by atoms with E-state index in [-0.39, 0.29) is 17.9 Å². The van der Waals surface area contributed by atoms with Gasteiger partial charge in [0, 0.05) is 18.2 Å². The molecule has 2 aromatic rings. The number of aromatic amines is 1. The van der Waals surface area contributed by atoms with Gasteiger partial charge < -0.3 is 10.2 Å². The quantitative estimate of drug-likeness (QED) is 0.813. The maximum Gasteiger partial charge on any atom is 0.223 e. The Morgan fingerprint density at radius 1 is 1.20 bits per heavy atom. The number of H-pyrrole nitrogens is 1. The Kier molecular flexibility index (Phi) is 6.37. The molecule has 0 saturated heterocycles. The smallest absolute Gasteiger partial charge is 0.223 e. The van der Waals surface area contributed by atoms with Crippen molar-refractivity contribution in [2.24, 2.45) is 5.92 Å². The fourth-order valence-corrected chi connectivity index (χ4v) is 3.03. The minimum absolute atomic E-state index is 0.0824. The second-order valence-electron chi connectivity index (χ2n) is 7.15. The Morgan fingerprint density at radius 3 is 2.36 bits per heavy atom. The molecule has 1 aromatic carbocycles. The largest absolute Gasteiger partial charge is 0.354 e. The predicted octanol–water partition coefficient (Wildman–Crippen LogP) is 2.93. The van der Waals surface area contributed by atoms with E-state index in [2.05, 4.69) is 51.6 Å². The molecular weight excluding hydrogens is 312 g/mol. The minimum atomic E-state index is -0.0872. The zero-order chi connectivity index (χ0) is 18.6. The second kappa shape index (κ2) is 8.30. The van der Waals surface area contributed by atoms with Crippen LogP contribution in [0, 0.1) is 26.7 Å². The molecule has 5 nitrogen and oxygen atoms in total. The Morgan fingerprint density at radius 2 is 1.84 bits per heavy atom. The molecule has 136 valence electrons. The van der Waals surface area contributed by atoms with Crippen LogP contribution in [0.25, 0.3) is 0 Å². The van der Waals surface area contributed by atoms with Crippen molar-refractivity contribution in [3.63, 3.8) is 0 Å². The van der Waals surface area contributed by atoms with Crippen molar-refractivity contribution in [2.45, 2.75) is 40.2 Å². The number of hydrogen-bond donors (Lipinski definition) is 2. The lowest BCUT2D eigenvalue weighted by Gasteiger charge is -2.26. The number of nitrogens with one attached hydrogen (secondary N) is 2. The molecule has 25 heavy (non-hydrogen) atoms. The highest BCUT2D eigenvalue weighted by Gasteiger charge is 2.20. The summed E-state index contributed by atoms with van der Waals surface area (Å²) in [5.41, 5.74) is 5.62. The lowest BCUT2D eigenvalue weighted by molar-refractivity contribution is -0.124. The van der Waals surface area contributed by atoms with E-state index in [1.807, 2.05) is 34.9 Å². The topological polar surface area (TPSA) is 61.0 Å². The van der Waals surface area contributed by atoms with Gasteiger partial charge in [-0.3, -0.25) is 9.89 Å². The molecule has 2 unspecified atom stereocenters. The average Bonchev–Trinajstić information content (AvgIpc) is 2.88. The van der Waals surface area contributed by atoms with Gasteiger partial charge in [-0.05, 0) is 52.4 Å². The van der Waals surface area contributed by atoms with Gasteiger partial charge in [0.15, 0.2) is 0 Å². The number of benzene rings is 1. The van der Waals surface area contributed by atoms with Gasteiger partial charge in [0.05, 0.1) is 11.7 Å². The van der Waals surface area contributed by atoms with E-state index >= 15 is 0 Å². The van der Waals surface area contributed by atoms with Crippen molar-refractivity contribution in [3.8, 4) is 0 Å². The van der Waals surface area contributed by atoms with Crippen LogP contribution in [0.3, 0.4) is 0 Å². The summed E-state index contributed by atoms with van der Waals surface area (Å²) in [6.07, 6.45) is 0.706. The lowest BCUT2D eigenvalue weighted by atomic mass is 9.98. The Bertz CT molecular complexity index is 683. The summed E-state index contributed by atoms with van der Waals surface area (Å²) in [5.74, 6) is -0.00482. The molecule has 1 amide bonds. The van der Waals surface area contributed by atoms with Crippen LogP contribution < -0.4 is 5.32 Å². The normalized spacial score (nSPS) is 13.7. The SMILES string of the molecule is Cc1ccc(C(CNC(=O)C(C)Cc2c(C)n[nH]c2C)N(C)C)cc1. The zero-order valence-corrected chi connectivity index (χ0v) is 16.2. The minimum Gasteiger partial charge on any atom is -0.354 e. The summed E-state index contributed by atoms with van der Waals surface area (Å²) in [5, 5.41) is 10.3. The van der Waals surface area contributed by atoms with Crippen molar-refractivity contribution in [1.29, 1.82) is 0 Å². The molecule has 2 rings (SSSR count). The van der Waals surface area contributed by atoms with E-state index in [0.717, 1.165) is 17.0 Å². The summed E-state index contributed by atoms with van der Waals surface area (Å²) in [6.45, 7) is 8.63. The molecular formula is C20H30N4O. The van der Waals surface area contributed by atoms with Gasteiger partial charge >= 0.3 is 0 Å². The lowest BCUT2D eigenvalue weighted by Crippen LogP contribution is -2.37. The van der Waals surface area contributed by atoms with Crippen LogP contribution in [0.5, 0.6) is 0 Å². The number of aromatic nitrogens is 2. The molecule has 0 spiro atoms. The third-order valence-electron chi connectivity index (χ3n) is 4.79. The fourth-order valence-electron chi connectivity index (χ4n) is 3.03. The number of nitrogens with zero attached hydrogens (tertiary/aromatic N) is 2. The summed E-state index contributed by atoms with van der Waals surface area (Å²) < 4.78 is 0. The summed E-state index contributed by atoms with van der Waals surface area (Å²) >= 11 is 0. The molecule has 2 N–H and O–H groups in total. The second-order valence-corrected chi connectivity index (χ2v) is 7.15. The van der Waals surface area contributed by atoms with Crippen molar-refractivity contribution < 1.29 is 4.79 Å². The molecule has 0 bridgehead atoms. The van der Waals surface area contributed by atoms with Crippen LogP contribution in [0.4, 0.5) is 0 Å². The van der Waals surface area contributed by atoms with Crippen molar-refractivity contribution >= 4 is 5.91 Å². The first kappa shape index (κ1) is 19.2. The predicted molar refractivity (Wildman–Crippen MR) is 102 cm³/mol. The first-order valence-corrected chi connectivity index (χ1v) is 8.80. The van der Waals surface area contributed by atoms with Crippen LogP contribution >= 0.6 is 0 Å². The maximum absolute atomic E-state index is 12.5. The highest BCUT2D eigenvalue weighted by Crippen LogP contribution is 2.19. The first-order chi connectivity index (χ1) is 11.8. The average molecular weight is 342 g/mol. The molecule has 0 saturated carbocycles. The van der Waals surface area contributed by atoms with Crippen LogP contribution in [-0.2, 0) is 11.2 Å². The van der Waals surface area contributed by atoms with Gasteiger partial charge in [0.25, 0.3) is 0 Å². The summed E-state index contributed by atoms with van der Waals surface area (Å²) in [4.78, 5) is 14.7. The number of likely N-dealkylation sites (N-methyl/N-ethyl adjacent to an activating group) is 1. The van der Waals surface area contributed by atoms with Gasteiger partial charge in [-0.2, -0.15) is 5.10 Å². The first-order valence-electron chi connectivity index (χ1n) is 8.80. The number of hydrogen-bond acceptors (Lipinski definition) is 3. The van der Waals surface area contributed by atoms with Crippen molar-refractivity contribution in [3.05, 3.63) is 52.3 Å². The molecule has 1 heterocycles. The zero-order valence-electron chi connectivity index (χ0n) is 16.2. The number of amides is 1. The number of rotatable bonds is 7. The Hall–Kier alpha value is -2.14. The van der Waals surface area contributed by atoms with Gasteiger partial charge in [0.1, 0.15) is 0 Å². The molecule has 0 fully saturated rings. The Balaban J connectivity index is 1.97. The molecule has 0 aliphatic carbocycles. The molecule has 0 aliphatic heterocycles. The monoisotopic (exact) mass is 342 g/mol. The van der Waals surface area contributed by atoms with Crippen LogP contribution in [0.2, 0.25) is 0 Å². The van der Waals surface area contributed by atoms with E-state index in [9.17, 15) is 4.79 Å². The number of carbonyl (C=O) groups is 1. The van der Waals surface area contributed by atoms with Gasteiger partial charge in [-0.15, -0.1) is 0 Å². The fraction of sp³-hybridized carbons (Fsp3) is 0.500. The van der Waals surface area contributed by atoms with Gasteiger partial charge in [-0.1, -0.05) is 36.8 Å². The molecule has 0 radical (unpaired) electrons. The maximum atomic E-state index is 12.5. The highest BCUT2D eigenvalue weighted by atomic mass is 16.1. The van der Waals surface area contributed by atoms with Gasteiger partial charge in [0.2, 0.25) is 5.91 Å². The third kappa shape index (κ3) is 4.92. The Labute approximate surface area is 150 Å². The standard InChI is InChI=1S/C20H30N4O/c1-13-7-9-17(10-8-13)19(24(5)6)12-21-20(25)14(2)11-18-15(3)22-23-16(18)4/h7-10,14,19H,11-12H2,1-6H3,(H,21,25)(H,22,23). The highest BCUT2D eigenvalue weighted by molar-refractivity contribution is 5.78. The molecule has 5 heteroatoms. The molecule has 2 atom stereocenters. The van der Waals surface area contributed by atoms with E-state index in [1.54, 1.807) is 0 Å². The number of aryl methyl sites for hydroxylation is 3. The summed E-state index contributed by atoms with van der Waals surface area (Å²) in [7, 11) is 4.08. The van der Waals surface area contributed by atoms with Crippen LogP contribution in [0.15, 0.2) is 24.3 Å². The number of carbonyl (C=O) groups excluding carboxylic acids is 1. The third-order valence-corrected chi connectivity index (χ3v) is 4.79. The van der Waals surface area contributed by atoms with E-state index < -0.39 is 0 Å². The van der Waals surface area contributed by atoms with Gasteiger partial charge in [-0.25, -0.2) is 0 Å². The van der Waals surface area contributed by atoms with E-state index in [1.165, 1.54) is 11.1 Å². The van der Waals surface area contributed by atoms with E-state index in [4.69, 9.17) is 0 Å².